The minimum Gasteiger partial charge on any atom is -0.382 e. The Balaban J connectivity index is 1.62. The Morgan fingerprint density at radius 3 is 2.93 bits per heavy atom. The lowest BCUT2D eigenvalue weighted by Crippen LogP contribution is -2.37. The van der Waals surface area contributed by atoms with Crippen molar-refractivity contribution in [2.24, 2.45) is 0 Å². The molecule has 1 aliphatic rings. The first kappa shape index (κ1) is 17.2. The second-order valence-electron chi connectivity index (χ2n) is 6.34. The normalized spacial score (nSPS) is 14.4. The number of methoxy groups -OCH3 is 1. The van der Waals surface area contributed by atoms with E-state index in [0.29, 0.717) is 36.8 Å². The third-order valence-corrected chi connectivity index (χ3v) is 4.57. The largest absolute Gasteiger partial charge is 0.382 e. The van der Waals surface area contributed by atoms with Gasteiger partial charge in [-0.2, -0.15) is 0 Å². The highest BCUT2D eigenvalue weighted by atomic mass is 16.5. The number of fused-ring (bicyclic) bond motifs is 1. The van der Waals surface area contributed by atoms with Crippen LogP contribution < -0.4 is 5.73 Å². The fraction of sp³-hybridized carbons (Fsp3) is 0.263. The molecule has 138 valence electrons. The molecule has 8 nitrogen and oxygen atoms in total. The van der Waals surface area contributed by atoms with E-state index in [1.807, 2.05) is 30.3 Å². The number of H-pyrrole nitrogens is 1. The highest BCUT2D eigenvalue weighted by Crippen LogP contribution is 2.26. The summed E-state index contributed by atoms with van der Waals surface area (Å²) in [5, 5.41) is 0. The van der Waals surface area contributed by atoms with E-state index in [9.17, 15) is 4.79 Å². The molecular formula is C19H20N6O2. The minimum absolute atomic E-state index is 0.0147. The van der Waals surface area contributed by atoms with E-state index in [-0.39, 0.29) is 12.5 Å². The predicted molar refractivity (Wildman–Crippen MR) is 103 cm³/mol. The summed E-state index contributed by atoms with van der Waals surface area (Å²) < 4.78 is 4.91. The smallest absolute Gasteiger partial charge is 0.248 e. The number of nitrogen functional groups attached to an aromatic ring is 1. The van der Waals surface area contributed by atoms with Gasteiger partial charge < -0.3 is 20.4 Å². The molecule has 0 saturated heterocycles. The number of benzene rings is 1. The molecule has 0 bridgehead atoms. The van der Waals surface area contributed by atoms with Crippen molar-refractivity contribution in [3.63, 3.8) is 0 Å². The van der Waals surface area contributed by atoms with Gasteiger partial charge in [0.25, 0.3) is 0 Å². The van der Waals surface area contributed by atoms with E-state index in [4.69, 9.17) is 15.5 Å². The Bertz CT molecular complexity index is 993. The van der Waals surface area contributed by atoms with Crippen molar-refractivity contribution in [1.82, 2.24) is 24.8 Å². The van der Waals surface area contributed by atoms with Crippen molar-refractivity contribution < 1.29 is 9.53 Å². The van der Waals surface area contributed by atoms with Gasteiger partial charge in [0.05, 0.1) is 22.9 Å². The van der Waals surface area contributed by atoms with Gasteiger partial charge in [0, 0.05) is 20.2 Å². The van der Waals surface area contributed by atoms with E-state index >= 15 is 0 Å². The summed E-state index contributed by atoms with van der Waals surface area (Å²) in [5.74, 6) is 0.904. The zero-order valence-electron chi connectivity index (χ0n) is 15.0. The first-order valence-electron chi connectivity index (χ1n) is 8.69. The quantitative estimate of drug-likeness (QED) is 0.731. The summed E-state index contributed by atoms with van der Waals surface area (Å²) in [6.07, 6.45) is 4.37. The average Bonchev–Trinajstić information content (AvgIpc) is 3.12. The van der Waals surface area contributed by atoms with Crippen LogP contribution in [0.3, 0.4) is 0 Å². The number of aromatic amines is 1. The highest BCUT2D eigenvalue weighted by Gasteiger charge is 2.20. The number of amides is 1. The number of aromatic nitrogens is 4. The fourth-order valence-electron chi connectivity index (χ4n) is 3.14. The summed E-state index contributed by atoms with van der Waals surface area (Å²) in [4.78, 5) is 30.5. The summed E-state index contributed by atoms with van der Waals surface area (Å²) in [7, 11) is 1.52. The van der Waals surface area contributed by atoms with Gasteiger partial charge >= 0.3 is 0 Å². The third kappa shape index (κ3) is 3.39. The molecule has 1 aromatic carbocycles. The van der Waals surface area contributed by atoms with Gasteiger partial charge in [0.1, 0.15) is 12.3 Å². The van der Waals surface area contributed by atoms with Gasteiger partial charge in [-0.05, 0) is 24.1 Å². The lowest BCUT2D eigenvalue weighted by molar-refractivity contribution is -0.134. The molecule has 0 saturated carbocycles. The molecule has 1 amide bonds. The molecular weight excluding hydrogens is 344 g/mol. The molecule has 2 aromatic heterocycles. The Morgan fingerprint density at radius 2 is 2.19 bits per heavy atom. The molecule has 0 aliphatic carbocycles. The van der Waals surface area contributed by atoms with Gasteiger partial charge in [-0.3, -0.25) is 4.79 Å². The summed E-state index contributed by atoms with van der Waals surface area (Å²) in [6.45, 7) is 1.25. The standard InChI is InChI=1S/C19H20N6O2/c1-27-11-16(26)25-8-6-12(7-9-25)15-10-21-18(20)17(22-15)19-23-13-4-2-3-5-14(13)24-19/h2-6,10H,7-9,11H2,1H3,(H2,20,21)(H,23,24). The number of ether oxygens (including phenoxy) is 1. The lowest BCUT2D eigenvalue weighted by Gasteiger charge is -2.26. The van der Waals surface area contributed by atoms with Gasteiger partial charge in [0.15, 0.2) is 11.6 Å². The van der Waals surface area contributed by atoms with Crippen LogP contribution in [0.25, 0.3) is 28.1 Å². The van der Waals surface area contributed by atoms with Crippen molar-refractivity contribution >= 4 is 28.3 Å². The van der Waals surface area contributed by atoms with E-state index < -0.39 is 0 Å². The first-order chi connectivity index (χ1) is 13.2. The van der Waals surface area contributed by atoms with Crippen LogP contribution in [0.2, 0.25) is 0 Å². The highest BCUT2D eigenvalue weighted by molar-refractivity contribution is 5.81. The van der Waals surface area contributed by atoms with Gasteiger partial charge in [0.2, 0.25) is 5.91 Å². The van der Waals surface area contributed by atoms with Crippen LogP contribution >= 0.6 is 0 Å². The van der Waals surface area contributed by atoms with Crippen LogP contribution in [0.15, 0.2) is 36.5 Å². The maximum atomic E-state index is 11.9. The van der Waals surface area contributed by atoms with Gasteiger partial charge in [-0.25, -0.2) is 15.0 Å². The maximum Gasteiger partial charge on any atom is 0.248 e. The molecule has 27 heavy (non-hydrogen) atoms. The van der Waals surface area contributed by atoms with Crippen molar-refractivity contribution in [2.75, 3.05) is 32.5 Å². The Hall–Kier alpha value is -3.26. The first-order valence-corrected chi connectivity index (χ1v) is 8.69. The number of anilines is 1. The molecule has 3 heterocycles. The monoisotopic (exact) mass is 364 g/mol. The van der Waals surface area contributed by atoms with Gasteiger partial charge in [-0.1, -0.05) is 18.2 Å². The SMILES string of the molecule is COCC(=O)N1CC=C(c2cnc(N)c(-c3nc4ccccc4[nH]3)n2)CC1. The molecule has 0 atom stereocenters. The number of nitrogens with two attached hydrogens (primary N) is 1. The number of hydrogen-bond acceptors (Lipinski definition) is 6. The van der Waals surface area contributed by atoms with Crippen LogP contribution in [0.4, 0.5) is 5.82 Å². The average molecular weight is 364 g/mol. The van der Waals surface area contributed by atoms with E-state index in [1.165, 1.54) is 7.11 Å². The Kier molecular flexibility index (Phi) is 4.55. The summed E-state index contributed by atoms with van der Waals surface area (Å²) >= 11 is 0. The number of carbonyl (C=O) groups excluding carboxylic acids is 1. The van der Waals surface area contributed by atoms with Crippen LogP contribution in [-0.2, 0) is 9.53 Å². The zero-order chi connectivity index (χ0) is 18.8. The maximum absolute atomic E-state index is 11.9. The summed E-state index contributed by atoms with van der Waals surface area (Å²) in [5.41, 5.74) is 10.1. The molecule has 8 heteroatoms. The van der Waals surface area contributed by atoms with Crippen LogP contribution in [0.5, 0.6) is 0 Å². The van der Waals surface area contributed by atoms with Crippen molar-refractivity contribution in [3.05, 3.63) is 42.2 Å². The molecule has 3 aromatic rings. The number of hydrogen-bond donors (Lipinski definition) is 2. The second-order valence-corrected chi connectivity index (χ2v) is 6.34. The van der Waals surface area contributed by atoms with Gasteiger partial charge in [-0.15, -0.1) is 0 Å². The van der Waals surface area contributed by atoms with Crippen LogP contribution in [0, 0.1) is 0 Å². The summed E-state index contributed by atoms with van der Waals surface area (Å²) in [6, 6.07) is 7.76. The van der Waals surface area contributed by atoms with E-state index in [1.54, 1.807) is 11.1 Å². The molecule has 3 N–H and O–H groups in total. The second kappa shape index (κ2) is 7.16. The Morgan fingerprint density at radius 1 is 1.33 bits per heavy atom. The topological polar surface area (TPSA) is 110 Å². The number of nitrogens with one attached hydrogen (secondary N) is 1. The molecule has 0 unspecified atom stereocenters. The predicted octanol–water partition coefficient (Wildman–Crippen LogP) is 1.86. The van der Waals surface area contributed by atoms with E-state index in [0.717, 1.165) is 22.3 Å². The molecule has 0 radical (unpaired) electrons. The fourth-order valence-corrected chi connectivity index (χ4v) is 3.14. The molecule has 0 spiro atoms. The third-order valence-electron chi connectivity index (χ3n) is 4.57. The zero-order valence-corrected chi connectivity index (χ0v) is 15.0. The molecule has 4 rings (SSSR count). The van der Waals surface area contributed by atoms with Crippen molar-refractivity contribution in [2.45, 2.75) is 6.42 Å². The number of para-hydroxylation sites is 2. The van der Waals surface area contributed by atoms with Crippen LogP contribution in [-0.4, -0.2) is 57.5 Å². The van der Waals surface area contributed by atoms with Crippen LogP contribution in [0.1, 0.15) is 12.1 Å². The van der Waals surface area contributed by atoms with E-state index in [2.05, 4.69) is 15.0 Å². The number of nitrogens with zero attached hydrogens (tertiary/aromatic N) is 4. The molecule has 1 aliphatic heterocycles. The number of carbonyl (C=O) groups is 1. The van der Waals surface area contributed by atoms with Crippen molar-refractivity contribution in [3.8, 4) is 11.5 Å². The Labute approximate surface area is 156 Å². The minimum atomic E-state index is -0.0147. The lowest BCUT2D eigenvalue weighted by atomic mass is 10.0. The van der Waals surface area contributed by atoms with Crippen molar-refractivity contribution in [1.29, 1.82) is 0 Å². The number of rotatable bonds is 4. The molecule has 0 fully saturated rings. The number of imidazole rings is 1.